The van der Waals surface area contributed by atoms with E-state index in [1.165, 1.54) is 6.08 Å². The van der Waals surface area contributed by atoms with Crippen molar-refractivity contribution in [3.05, 3.63) is 30.6 Å². The molecule has 0 aliphatic rings. The molecule has 1 rings (SSSR count). The van der Waals surface area contributed by atoms with Crippen molar-refractivity contribution in [1.29, 1.82) is 0 Å². The first kappa shape index (κ1) is 9.51. The summed E-state index contributed by atoms with van der Waals surface area (Å²) in [7, 11) is 1.84. The van der Waals surface area contributed by atoms with E-state index in [9.17, 15) is 4.79 Å². The summed E-state index contributed by atoms with van der Waals surface area (Å²) >= 11 is 0. The lowest BCUT2D eigenvalue weighted by Crippen LogP contribution is -2.24. The number of hydrogen-bond donors (Lipinski definition) is 1. The van der Waals surface area contributed by atoms with Crippen LogP contribution in [0.2, 0.25) is 0 Å². The fraction of sp³-hybridized carbons (Fsp3) is 0.333. The maximum atomic E-state index is 10.9. The van der Waals surface area contributed by atoms with Crippen LogP contribution in [0.15, 0.2) is 24.9 Å². The van der Waals surface area contributed by atoms with Crippen LogP contribution in [0.25, 0.3) is 0 Å². The van der Waals surface area contributed by atoms with Gasteiger partial charge in [0.15, 0.2) is 0 Å². The molecule has 1 amide bonds. The maximum Gasteiger partial charge on any atom is 0.243 e. The van der Waals surface area contributed by atoms with E-state index >= 15 is 0 Å². The third kappa shape index (κ3) is 2.43. The van der Waals surface area contributed by atoms with Gasteiger partial charge in [-0.3, -0.25) is 9.48 Å². The minimum atomic E-state index is -0.182. The van der Waals surface area contributed by atoms with Crippen molar-refractivity contribution >= 4 is 5.91 Å². The number of aryl methyl sites for hydroxylation is 1. The number of hydrogen-bond acceptors (Lipinski definition) is 2. The van der Waals surface area contributed by atoms with E-state index < -0.39 is 0 Å². The first-order chi connectivity index (χ1) is 6.13. The highest BCUT2D eigenvalue weighted by molar-refractivity contribution is 5.87. The van der Waals surface area contributed by atoms with Crippen LogP contribution in [0, 0.1) is 0 Å². The largest absolute Gasteiger partial charge is 0.344 e. The molecule has 0 aliphatic heterocycles. The zero-order valence-electron chi connectivity index (χ0n) is 7.82. The molecule has 0 spiro atoms. The molecule has 1 atom stereocenters. The van der Waals surface area contributed by atoms with Crippen LogP contribution >= 0.6 is 0 Å². The Hall–Kier alpha value is -1.58. The molecule has 1 aromatic heterocycles. The van der Waals surface area contributed by atoms with Crippen molar-refractivity contribution in [2.75, 3.05) is 0 Å². The number of nitrogens with zero attached hydrogens (tertiary/aromatic N) is 2. The van der Waals surface area contributed by atoms with Crippen LogP contribution in [-0.4, -0.2) is 15.7 Å². The van der Waals surface area contributed by atoms with Gasteiger partial charge in [0.1, 0.15) is 0 Å². The third-order valence-electron chi connectivity index (χ3n) is 1.72. The molecule has 0 saturated heterocycles. The zero-order valence-corrected chi connectivity index (χ0v) is 7.82. The lowest BCUT2D eigenvalue weighted by atomic mass is 10.2. The summed E-state index contributed by atoms with van der Waals surface area (Å²) in [4.78, 5) is 10.9. The highest BCUT2D eigenvalue weighted by atomic mass is 16.1. The first-order valence-electron chi connectivity index (χ1n) is 4.06. The molecule has 1 heterocycles. The summed E-state index contributed by atoms with van der Waals surface area (Å²) in [6, 6.07) is 1.79. The summed E-state index contributed by atoms with van der Waals surface area (Å²) < 4.78 is 1.70. The van der Waals surface area contributed by atoms with Gasteiger partial charge in [-0.25, -0.2) is 0 Å². The standard InChI is InChI=1S/C9H13N3O/c1-4-9(13)10-7(2)8-5-6-12(3)11-8/h4-7H,1H2,2-3H3,(H,10,13)/t7-/m0/s1. The quantitative estimate of drug-likeness (QED) is 0.697. The van der Waals surface area contributed by atoms with Crippen LogP contribution in [0.4, 0.5) is 0 Å². The molecule has 0 aliphatic carbocycles. The van der Waals surface area contributed by atoms with Gasteiger partial charge < -0.3 is 5.32 Å². The normalized spacial score (nSPS) is 12.2. The summed E-state index contributed by atoms with van der Waals surface area (Å²) in [5.41, 5.74) is 0.845. The van der Waals surface area contributed by atoms with E-state index in [0.717, 1.165) is 5.69 Å². The fourth-order valence-electron chi connectivity index (χ4n) is 1.01. The lowest BCUT2D eigenvalue weighted by Gasteiger charge is -2.08. The van der Waals surface area contributed by atoms with Crippen LogP contribution in [0.1, 0.15) is 18.7 Å². The Balaban J connectivity index is 2.63. The molecule has 4 heteroatoms. The predicted molar refractivity (Wildman–Crippen MR) is 50.0 cm³/mol. The van der Waals surface area contributed by atoms with Gasteiger partial charge in [0.05, 0.1) is 11.7 Å². The number of nitrogens with one attached hydrogen (secondary N) is 1. The smallest absolute Gasteiger partial charge is 0.243 e. The van der Waals surface area contributed by atoms with Crippen LogP contribution in [-0.2, 0) is 11.8 Å². The maximum absolute atomic E-state index is 10.9. The number of amides is 1. The minimum absolute atomic E-state index is 0.0771. The summed E-state index contributed by atoms with van der Waals surface area (Å²) in [5, 5.41) is 6.89. The molecule has 1 aromatic rings. The van der Waals surface area contributed by atoms with E-state index in [1.54, 1.807) is 4.68 Å². The number of aromatic nitrogens is 2. The number of rotatable bonds is 3. The van der Waals surface area contributed by atoms with Gasteiger partial charge in [-0.15, -0.1) is 0 Å². The van der Waals surface area contributed by atoms with Gasteiger partial charge >= 0.3 is 0 Å². The molecule has 4 nitrogen and oxygen atoms in total. The van der Waals surface area contributed by atoms with E-state index in [2.05, 4.69) is 17.0 Å². The Labute approximate surface area is 77.3 Å². The summed E-state index contributed by atoms with van der Waals surface area (Å²) in [5.74, 6) is -0.182. The minimum Gasteiger partial charge on any atom is -0.344 e. The zero-order chi connectivity index (χ0) is 9.84. The summed E-state index contributed by atoms with van der Waals surface area (Å²) in [6.45, 7) is 5.25. The SMILES string of the molecule is C=CC(=O)N[C@@H](C)c1ccn(C)n1. The Morgan fingerprint density at radius 3 is 3.00 bits per heavy atom. The number of carbonyl (C=O) groups is 1. The Morgan fingerprint density at radius 2 is 2.54 bits per heavy atom. The first-order valence-corrected chi connectivity index (χ1v) is 4.06. The Bertz CT molecular complexity index is 316. The monoisotopic (exact) mass is 179 g/mol. The van der Waals surface area contributed by atoms with Gasteiger partial charge in [-0.05, 0) is 19.1 Å². The van der Waals surface area contributed by atoms with Gasteiger partial charge in [0, 0.05) is 13.2 Å². The summed E-state index contributed by atoms with van der Waals surface area (Å²) in [6.07, 6.45) is 3.09. The van der Waals surface area contributed by atoms with Gasteiger partial charge in [-0.2, -0.15) is 5.10 Å². The van der Waals surface area contributed by atoms with E-state index in [-0.39, 0.29) is 11.9 Å². The van der Waals surface area contributed by atoms with Crippen molar-refractivity contribution < 1.29 is 4.79 Å². The molecule has 0 unspecified atom stereocenters. The predicted octanol–water partition coefficient (Wildman–Crippen LogP) is 0.783. The van der Waals surface area contributed by atoms with Gasteiger partial charge in [0.2, 0.25) is 5.91 Å². The molecule has 0 fully saturated rings. The molecule has 0 bridgehead atoms. The van der Waals surface area contributed by atoms with Gasteiger partial charge in [0.25, 0.3) is 0 Å². The van der Waals surface area contributed by atoms with Gasteiger partial charge in [-0.1, -0.05) is 6.58 Å². The third-order valence-corrected chi connectivity index (χ3v) is 1.72. The second-order valence-corrected chi connectivity index (χ2v) is 2.85. The molecule has 0 radical (unpaired) electrons. The molecular weight excluding hydrogens is 166 g/mol. The highest BCUT2D eigenvalue weighted by Crippen LogP contribution is 2.07. The lowest BCUT2D eigenvalue weighted by molar-refractivity contribution is -0.117. The molecule has 70 valence electrons. The Kier molecular flexibility index (Phi) is 2.84. The molecule has 13 heavy (non-hydrogen) atoms. The van der Waals surface area contributed by atoms with Crippen molar-refractivity contribution in [2.24, 2.45) is 7.05 Å². The van der Waals surface area contributed by atoms with Crippen molar-refractivity contribution in [2.45, 2.75) is 13.0 Å². The Morgan fingerprint density at radius 1 is 1.85 bits per heavy atom. The van der Waals surface area contributed by atoms with Crippen molar-refractivity contribution in [1.82, 2.24) is 15.1 Å². The number of carbonyl (C=O) groups excluding carboxylic acids is 1. The second-order valence-electron chi connectivity index (χ2n) is 2.85. The molecule has 0 aromatic carbocycles. The van der Waals surface area contributed by atoms with Crippen LogP contribution < -0.4 is 5.32 Å². The molecule has 1 N–H and O–H groups in total. The average Bonchev–Trinajstić information content (AvgIpc) is 2.51. The van der Waals surface area contributed by atoms with Crippen LogP contribution in [0.3, 0.4) is 0 Å². The average molecular weight is 179 g/mol. The van der Waals surface area contributed by atoms with E-state index in [1.807, 2.05) is 26.2 Å². The van der Waals surface area contributed by atoms with Crippen molar-refractivity contribution in [3.63, 3.8) is 0 Å². The van der Waals surface area contributed by atoms with E-state index in [4.69, 9.17) is 0 Å². The fourth-order valence-corrected chi connectivity index (χ4v) is 1.01. The van der Waals surface area contributed by atoms with Crippen molar-refractivity contribution in [3.8, 4) is 0 Å². The molecule has 0 saturated carbocycles. The molecular formula is C9H13N3O. The second kappa shape index (κ2) is 3.89. The highest BCUT2D eigenvalue weighted by Gasteiger charge is 2.08. The topological polar surface area (TPSA) is 46.9 Å². The van der Waals surface area contributed by atoms with E-state index in [0.29, 0.717) is 0 Å². The van der Waals surface area contributed by atoms with Crippen LogP contribution in [0.5, 0.6) is 0 Å².